The van der Waals surface area contributed by atoms with Crippen molar-refractivity contribution in [2.75, 3.05) is 13.1 Å². The molecule has 0 unspecified atom stereocenters. The van der Waals surface area contributed by atoms with Gasteiger partial charge in [-0.3, -0.25) is 9.78 Å². The van der Waals surface area contributed by atoms with Gasteiger partial charge in [-0.25, -0.2) is 9.18 Å². The van der Waals surface area contributed by atoms with Crippen molar-refractivity contribution in [1.82, 2.24) is 20.5 Å². The summed E-state index contributed by atoms with van der Waals surface area (Å²) in [6.45, 7) is 1.51. The molecule has 8 nitrogen and oxygen atoms in total. The number of urea groups is 1. The number of carbonyl (C=O) groups is 2. The third-order valence-electron chi connectivity index (χ3n) is 5.44. The van der Waals surface area contributed by atoms with E-state index in [0.717, 1.165) is 12.0 Å². The number of hydrogen-bond donors (Lipinski definition) is 2. The first-order valence-electron chi connectivity index (χ1n) is 10.2. The summed E-state index contributed by atoms with van der Waals surface area (Å²) >= 11 is 0. The van der Waals surface area contributed by atoms with Gasteiger partial charge in [-0.05, 0) is 42.2 Å². The van der Waals surface area contributed by atoms with Gasteiger partial charge in [-0.2, -0.15) is 0 Å². The molecule has 2 N–H and O–H groups in total. The zero-order chi connectivity index (χ0) is 21.7. The van der Waals surface area contributed by atoms with E-state index in [1.807, 2.05) is 12.1 Å². The normalized spacial score (nSPS) is 20.2. The Bertz CT molecular complexity index is 984. The molecule has 2 aliphatic rings. The van der Waals surface area contributed by atoms with Gasteiger partial charge in [0.2, 0.25) is 0 Å². The van der Waals surface area contributed by atoms with E-state index < -0.39 is 5.60 Å². The van der Waals surface area contributed by atoms with Crippen molar-refractivity contribution in [2.24, 2.45) is 5.16 Å². The van der Waals surface area contributed by atoms with Crippen molar-refractivity contribution in [2.45, 2.75) is 38.0 Å². The minimum absolute atomic E-state index is 0.236. The van der Waals surface area contributed by atoms with Crippen LogP contribution in [-0.2, 0) is 22.7 Å². The zero-order valence-electron chi connectivity index (χ0n) is 17.0. The Morgan fingerprint density at radius 1 is 1.16 bits per heavy atom. The molecule has 1 aromatic carbocycles. The number of carbonyl (C=O) groups excluding carboxylic acids is 2. The molecule has 1 spiro atoms. The monoisotopic (exact) mass is 425 g/mol. The largest absolute Gasteiger partial charge is 0.386 e. The molecule has 3 amide bonds. The van der Waals surface area contributed by atoms with Gasteiger partial charge in [-0.15, -0.1) is 0 Å². The van der Waals surface area contributed by atoms with Crippen LogP contribution in [0.2, 0.25) is 0 Å². The molecule has 1 fully saturated rings. The van der Waals surface area contributed by atoms with Gasteiger partial charge in [0.15, 0.2) is 5.60 Å². The van der Waals surface area contributed by atoms with E-state index in [9.17, 15) is 14.0 Å². The highest BCUT2D eigenvalue weighted by Gasteiger charge is 2.45. The molecular weight excluding hydrogens is 401 g/mol. The maximum absolute atomic E-state index is 13.3. The molecule has 2 aromatic rings. The van der Waals surface area contributed by atoms with E-state index in [2.05, 4.69) is 20.8 Å². The molecule has 3 heterocycles. The lowest BCUT2D eigenvalue weighted by molar-refractivity contribution is -0.115. The first-order chi connectivity index (χ1) is 15.0. The lowest BCUT2D eigenvalue weighted by Gasteiger charge is -2.38. The van der Waals surface area contributed by atoms with Crippen LogP contribution in [0.4, 0.5) is 9.18 Å². The van der Waals surface area contributed by atoms with Crippen LogP contribution in [0, 0.1) is 5.82 Å². The number of hydrogen-bond acceptors (Lipinski definition) is 5. The lowest BCUT2D eigenvalue weighted by atomic mass is 9.88. The quantitative estimate of drug-likeness (QED) is 0.769. The van der Waals surface area contributed by atoms with Crippen molar-refractivity contribution in [1.29, 1.82) is 0 Å². The predicted octanol–water partition coefficient (Wildman–Crippen LogP) is 2.36. The van der Waals surface area contributed by atoms with Gasteiger partial charge in [0, 0.05) is 38.4 Å². The van der Waals surface area contributed by atoms with Crippen LogP contribution >= 0.6 is 0 Å². The zero-order valence-corrected chi connectivity index (χ0v) is 17.0. The Kier molecular flexibility index (Phi) is 6.11. The molecule has 0 aliphatic carbocycles. The Morgan fingerprint density at radius 2 is 2.00 bits per heavy atom. The SMILES string of the molecule is O=C(NCc1cccnc1)C1=NO[C@@]2(CCCN(C(=O)NCc3cccc(F)c3)C2)C1. The molecule has 1 saturated heterocycles. The summed E-state index contributed by atoms with van der Waals surface area (Å²) in [7, 11) is 0. The molecule has 0 bridgehead atoms. The van der Waals surface area contributed by atoms with Crippen LogP contribution < -0.4 is 10.6 Å². The Labute approximate surface area is 179 Å². The number of nitrogens with one attached hydrogen (secondary N) is 2. The summed E-state index contributed by atoms with van der Waals surface area (Å²) in [6.07, 6.45) is 5.17. The molecule has 162 valence electrons. The smallest absolute Gasteiger partial charge is 0.317 e. The molecular formula is C22H24FN5O3. The number of oxime groups is 1. The summed E-state index contributed by atoms with van der Waals surface area (Å²) in [5.74, 6) is -0.622. The summed E-state index contributed by atoms with van der Waals surface area (Å²) in [5, 5.41) is 9.65. The Morgan fingerprint density at radius 3 is 2.81 bits per heavy atom. The molecule has 1 atom stereocenters. The number of likely N-dealkylation sites (tertiary alicyclic amines) is 1. The second kappa shape index (κ2) is 9.11. The first-order valence-corrected chi connectivity index (χ1v) is 10.2. The van der Waals surface area contributed by atoms with Crippen LogP contribution in [0.3, 0.4) is 0 Å². The molecule has 4 rings (SSSR count). The van der Waals surface area contributed by atoms with E-state index >= 15 is 0 Å². The van der Waals surface area contributed by atoms with Gasteiger partial charge in [0.25, 0.3) is 5.91 Å². The average Bonchev–Trinajstić information content (AvgIpc) is 3.19. The highest BCUT2D eigenvalue weighted by Crippen LogP contribution is 2.33. The standard InChI is InChI=1S/C22H24FN5O3/c23-18-6-1-4-16(10-18)13-26-21(30)28-9-3-7-22(15-28)11-19(27-31-22)20(29)25-14-17-5-2-8-24-12-17/h1-2,4-6,8,10,12H,3,7,9,11,13-15H2,(H,25,29)(H,26,30)/t22-/m0/s1. The Hall–Kier alpha value is -3.49. The van der Waals surface area contributed by atoms with Crippen LogP contribution in [0.25, 0.3) is 0 Å². The van der Waals surface area contributed by atoms with Crippen molar-refractivity contribution in [3.05, 3.63) is 65.7 Å². The fraction of sp³-hybridized carbons (Fsp3) is 0.364. The fourth-order valence-corrected chi connectivity index (χ4v) is 3.86. The van der Waals surface area contributed by atoms with Crippen LogP contribution in [0.15, 0.2) is 53.9 Å². The minimum Gasteiger partial charge on any atom is -0.386 e. The molecule has 0 radical (unpaired) electrons. The molecule has 31 heavy (non-hydrogen) atoms. The van der Waals surface area contributed by atoms with Gasteiger partial charge in [0.05, 0.1) is 6.54 Å². The van der Waals surface area contributed by atoms with E-state index in [0.29, 0.717) is 43.8 Å². The number of aromatic nitrogens is 1. The fourth-order valence-electron chi connectivity index (χ4n) is 3.86. The third-order valence-corrected chi connectivity index (χ3v) is 5.44. The number of rotatable bonds is 5. The molecule has 2 aliphatic heterocycles. The second-order valence-corrected chi connectivity index (χ2v) is 7.85. The van der Waals surface area contributed by atoms with Gasteiger partial charge < -0.3 is 20.4 Å². The Balaban J connectivity index is 1.29. The van der Waals surface area contributed by atoms with Crippen molar-refractivity contribution in [3.8, 4) is 0 Å². The van der Waals surface area contributed by atoms with Crippen molar-refractivity contribution in [3.63, 3.8) is 0 Å². The lowest BCUT2D eigenvalue weighted by Crippen LogP contribution is -2.53. The maximum Gasteiger partial charge on any atom is 0.317 e. The average molecular weight is 425 g/mol. The molecule has 0 saturated carbocycles. The van der Waals surface area contributed by atoms with E-state index in [-0.39, 0.29) is 24.3 Å². The minimum atomic E-state index is -0.685. The number of pyridine rings is 1. The van der Waals surface area contributed by atoms with Gasteiger partial charge >= 0.3 is 6.03 Å². The number of amides is 3. The predicted molar refractivity (Wildman–Crippen MR) is 111 cm³/mol. The first kappa shape index (κ1) is 20.8. The summed E-state index contributed by atoms with van der Waals surface area (Å²) in [5.41, 5.74) is 1.22. The highest BCUT2D eigenvalue weighted by molar-refractivity contribution is 6.39. The maximum atomic E-state index is 13.3. The van der Waals surface area contributed by atoms with Crippen LogP contribution in [0.5, 0.6) is 0 Å². The summed E-state index contributed by atoms with van der Waals surface area (Å²) in [6, 6.07) is 9.56. The molecule has 9 heteroatoms. The van der Waals surface area contributed by atoms with E-state index in [1.54, 1.807) is 29.4 Å². The molecule has 1 aromatic heterocycles. The number of nitrogens with zero attached hydrogens (tertiary/aromatic N) is 3. The third kappa shape index (κ3) is 5.17. The van der Waals surface area contributed by atoms with Crippen molar-refractivity contribution >= 4 is 17.6 Å². The summed E-state index contributed by atoms with van der Waals surface area (Å²) in [4.78, 5) is 36.5. The van der Waals surface area contributed by atoms with Crippen LogP contribution in [-0.4, -0.2) is 46.2 Å². The topological polar surface area (TPSA) is 95.9 Å². The summed E-state index contributed by atoms with van der Waals surface area (Å²) < 4.78 is 13.3. The van der Waals surface area contributed by atoms with Crippen LogP contribution in [0.1, 0.15) is 30.4 Å². The van der Waals surface area contributed by atoms with Crippen molar-refractivity contribution < 1.29 is 18.8 Å². The number of benzene rings is 1. The second-order valence-electron chi connectivity index (χ2n) is 7.85. The highest BCUT2D eigenvalue weighted by atomic mass is 19.1. The number of piperidine rings is 1. The van der Waals surface area contributed by atoms with Gasteiger partial charge in [0.1, 0.15) is 11.5 Å². The van der Waals surface area contributed by atoms with Gasteiger partial charge in [-0.1, -0.05) is 23.4 Å². The van der Waals surface area contributed by atoms with E-state index in [4.69, 9.17) is 4.84 Å². The number of halogens is 1. The van der Waals surface area contributed by atoms with E-state index in [1.165, 1.54) is 12.1 Å².